The molecule has 3 heteroatoms. The van der Waals surface area contributed by atoms with Crippen molar-refractivity contribution in [3.8, 4) is 0 Å². The van der Waals surface area contributed by atoms with Gasteiger partial charge in [-0.15, -0.1) is 0 Å². The van der Waals surface area contributed by atoms with Crippen LogP contribution in [0.1, 0.15) is 35.6 Å². The van der Waals surface area contributed by atoms with Crippen molar-refractivity contribution in [2.75, 3.05) is 6.54 Å². The minimum atomic E-state index is 0.641. The first-order valence-electron chi connectivity index (χ1n) is 6.61. The largest absolute Gasteiger partial charge is 0.364 e. The second-order valence-corrected chi connectivity index (χ2v) is 4.91. The molecule has 0 fully saturated rings. The lowest BCUT2D eigenvalue weighted by Crippen LogP contribution is -2.24. The van der Waals surface area contributed by atoms with Crippen molar-refractivity contribution < 1.29 is 4.52 Å². The van der Waals surface area contributed by atoms with E-state index in [1.807, 2.05) is 6.07 Å². The van der Waals surface area contributed by atoms with Crippen LogP contribution in [0.15, 0.2) is 41.1 Å². The van der Waals surface area contributed by atoms with Crippen molar-refractivity contribution in [2.24, 2.45) is 0 Å². The van der Waals surface area contributed by atoms with E-state index in [-0.39, 0.29) is 0 Å². The number of fused-ring (bicyclic) bond motifs is 1. The quantitative estimate of drug-likeness (QED) is 0.896. The standard InChI is InChI=1S/C15H18N2O/c1-2-7-15-12(4-1)5-3-6-13(15)10-16-11-14-8-9-18-17-14/h1-2,4,7-9,13,16H,3,5-6,10-11H2. The third kappa shape index (κ3) is 2.46. The second kappa shape index (κ2) is 5.36. The van der Waals surface area contributed by atoms with Crippen LogP contribution >= 0.6 is 0 Å². The molecule has 2 aromatic rings. The number of rotatable bonds is 4. The highest BCUT2D eigenvalue weighted by molar-refractivity contribution is 5.32. The predicted octanol–water partition coefficient (Wildman–Crippen LogP) is 2.88. The van der Waals surface area contributed by atoms with Crippen LogP contribution in [0.2, 0.25) is 0 Å². The van der Waals surface area contributed by atoms with E-state index in [0.29, 0.717) is 5.92 Å². The topological polar surface area (TPSA) is 38.1 Å². The second-order valence-electron chi connectivity index (χ2n) is 4.91. The van der Waals surface area contributed by atoms with Gasteiger partial charge in [-0.25, -0.2) is 0 Å². The molecule has 94 valence electrons. The number of aryl methyl sites for hydroxylation is 1. The first-order valence-corrected chi connectivity index (χ1v) is 6.61. The molecule has 0 saturated carbocycles. The Kier molecular flexibility index (Phi) is 3.42. The van der Waals surface area contributed by atoms with Gasteiger partial charge in [-0.1, -0.05) is 29.4 Å². The summed E-state index contributed by atoms with van der Waals surface area (Å²) < 4.78 is 4.82. The lowest BCUT2D eigenvalue weighted by atomic mass is 9.83. The summed E-state index contributed by atoms with van der Waals surface area (Å²) in [6, 6.07) is 10.7. The van der Waals surface area contributed by atoms with Gasteiger partial charge in [-0.3, -0.25) is 0 Å². The highest BCUT2D eigenvalue weighted by Crippen LogP contribution is 2.30. The lowest BCUT2D eigenvalue weighted by Gasteiger charge is -2.25. The van der Waals surface area contributed by atoms with Crippen LogP contribution in [-0.4, -0.2) is 11.7 Å². The van der Waals surface area contributed by atoms with E-state index in [9.17, 15) is 0 Å². The molecule has 1 aliphatic carbocycles. The Bertz CT molecular complexity index is 493. The third-order valence-corrected chi connectivity index (χ3v) is 3.68. The molecule has 0 bridgehead atoms. The number of aromatic nitrogens is 1. The van der Waals surface area contributed by atoms with Gasteiger partial charge >= 0.3 is 0 Å². The zero-order valence-electron chi connectivity index (χ0n) is 10.4. The number of hydrogen-bond donors (Lipinski definition) is 1. The summed E-state index contributed by atoms with van der Waals surface area (Å²) >= 11 is 0. The van der Waals surface area contributed by atoms with Crippen LogP contribution in [-0.2, 0) is 13.0 Å². The van der Waals surface area contributed by atoms with Crippen LogP contribution in [0, 0.1) is 0 Å². The van der Waals surface area contributed by atoms with Gasteiger partial charge in [0.05, 0.1) is 5.69 Å². The number of benzene rings is 1. The Morgan fingerprint density at radius 3 is 3.11 bits per heavy atom. The lowest BCUT2D eigenvalue weighted by molar-refractivity contribution is 0.406. The van der Waals surface area contributed by atoms with Crippen molar-refractivity contribution in [2.45, 2.75) is 31.7 Å². The maximum absolute atomic E-state index is 4.82. The van der Waals surface area contributed by atoms with Gasteiger partial charge in [0.15, 0.2) is 0 Å². The van der Waals surface area contributed by atoms with E-state index in [2.05, 4.69) is 34.7 Å². The van der Waals surface area contributed by atoms with Gasteiger partial charge in [0.25, 0.3) is 0 Å². The Morgan fingerprint density at radius 1 is 1.28 bits per heavy atom. The van der Waals surface area contributed by atoms with Crippen LogP contribution in [0.5, 0.6) is 0 Å². The van der Waals surface area contributed by atoms with Crippen molar-refractivity contribution in [3.05, 3.63) is 53.4 Å². The SMILES string of the molecule is c1ccc2c(c1)CCCC2CNCc1ccon1. The molecule has 1 unspecified atom stereocenters. The summed E-state index contributed by atoms with van der Waals surface area (Å²) in [5.41, 5.74) is 4.02. The molecule has 1 aromatic carbocycles. The molecule has 1 aromatic heterocycles. The van der Waals surface area contributed by atoms with E-state index < -0.39 is 0 Å². The van der Waals surface area contributed by atoms with Crippen LogP contribution in [0.3, 0.4) is 0 Å². The molecule has 3 rings (SSSR count). The van der Waals surface area contributed by atoms with Gasteiger partial charge in [-0.2, -0.15) is 0 Å². The Hall–Kier alpha value is -1.61. The van der Waals surface area contributed by atoms with Gasteiger partial charge < -0.3 is 9.84 Å². The Labute approximate surface area is 107 Å². The molecule has 1 aliphatic rings. The molecule has 0 spiro atoms. The van der Waals surface area contributed by atoms with Gasteiger partial charge in [0, 0.05) is 19.2 Å². The highest BCUT2D eigenvalue weighted by Gasteiger charge is 2.19. The number of hydrogen-bond acceptors (Lipinski definition) is 3. The third-order valence-electron chi connectivity index (χ3n) is 3.68. The summed E-state index contributed by atoms with van der Waals surface area (Å²) in [7, 11) is 0. The Balaban J connectivity index is 1.60. The molecule has 0 amide bonds. The zero-order valence-corrected chi connectivity index (χ0v) is 10.4. The molecule has 18 heavy (non-hydrogen) atoms. The number of nitrogens with one attached hydrogen (secondary N) is 1. The molecule has 3 nitrogen and oxygen atoms in total. The van der Waals surface area contributed by atoms with Crippen LogP contribution in [0.4, 0.5) is 0 Å². The summed E-state index contributed by atoms with van der Waals surface area (Å²) in [4.78, 5) is 0. The van der Waals surface area contributed by atoms with E-state index >= 15 is 0 Å². The fraction of sp³-hybridized carbons (Fsp3) is 0.400. The molecule has 1 heterocycles. The molecule has 0 aliphatic heterocycles. The van der Waals surface area contributed by atoms with Crippen molar-refractivity contribution in [3.63, 3.8) is 0 Å². The fourth-order valence-corrected chi connectivity index (χ4v) is 2.77. The molecular formula is C15H18N2O. The van der Waals surface area contributed by atoms with E-state index in [0.717, 1.165) is 18.8 Å². The summed E-state index contributed by atoms with van der Waals surface area (Å²) in [6.45, 7) is 1.80. The maximum atomic E-state index is 4.82. The van der Waals surface area contributed by atoms with Gasteiger partial charge in [0.2, 0.25) is 0 Å². The Morgan fingerprint density at radius 2 is 2.22 bits per heavy atom. The summed E-state index contributed by atoms with van der Waals surface area (Å²) in [6.07, 6.45) is 5.43. The first-order chi connectivity index (χ1) is 8.93. The average molecular weight is 242 g/mol. The summed E-state index contributed by atoms with van der Waals surface area (Å²) in [5, 5.41) is 7.38. The molecule has 0 radical (unpaired) electrons. The minimum absolute atomic E-state index is 0.641. The molecule has 0 saturated heterocycles. The highest BCUT2D eigenvalue weighted by atomic mass is 16.5. The molecular weight excluding hydrogens is 224 g/mol. The monoisotopic (exact) mass is 242 g/mol. The maximum Gasteiger partial charge on any atom is 0.124 e. The fourth-order valence-electron chi connectivity index (χ4n) is 2.77. The smallest absolute Gasteiger partial charge is 0.124 e. The van der Waals surface area contributed by atoms with Crippen LogP contribution in [0.25, 0.3) is 0 Å². The number of nitrogens with zero attached hydrogens (tertiary/aromatic N) is 1. The molecule has 1 atom stereocenters. The van der Waals surface area contributed by atoms with Crippen molar-refractivity contribution in [1.82, 2.24) is 10.5 Å². The average Bonchev–Trinajstić information content (AvgIpc) is 2.92. The molecule has 1 N–H and O–H groups in total. The zero-order chi connectivity index (χ0) is 12.2. The van der Waals surface area contributed by atoms with Crippen LogP contribution < -0.4 is 5.32 Å². The minimum Gasteiger partial charge on any atom is -0.364 e. The van der Waals surface area contributed by atoms with E-state index in [1.54, 1.807) is 6.26 Å². The van der Waals surface area contributed by atoms with Crippen molar-refractivity contribution >= 4 is 0 Å². The van der Waals surface area contributed by atoms with Crippen molar-refractivity contribution in [1.29, 1.82) is 0 Å². The first kappa shape index (κ1) is 11.5. The van der Waals surface area contributed by atoms with Gasteiger partial charge in [0.1, 0.15) is 6.26 Å². The predicted molar refractivity (Wildman–Crippen MR) is 70.3 cm³/mol. The summed E-state index contributed by atoms with van der Waals surface area (Å²) in [5.74, 6) is 0.641. The van der Waals surface area contributed by atoms with E-state index in [1.165, 1.54) is 30.4 Å². The normalized spacial score (nSPS) is 18.6. The van der Waals surface area contributed by atoms with E-state index in [4.69, 9.17) is 4.52 Å². The van der Waals surface area contributed by atoms with Gasteiger partial charge in [-0.05, 0) is 36.3 Å².